The van der Waals surface area contributed by atoms with E-state index in [0.717, 1.165) is 0 Å². The van der Waals surface area contributed by atoms with E-state index >= 15 is 0 Å². The van der Waals surface area contributed by atoms with Crippen LogP contribution in [0.1, 0.15) is 0 Å². The summed E-state index contributed by atoms with van der Waals surface area (Å²) in [6, 6.07) is 0. The minimum Gasteiger partial charge on any atom is -0.554 e. The Hall–Kier alpha value is -0.554. The fraction of sp³-hybridized carbons (Fsp3) is 0. The number of rotatable bonds is 0. The number of carbonyl (C=O) groups is 2. The van der Waals surface area contributed by atoms with E-state index in [1.54, 1.807) is 0 Å². The fourth-order valence-corrected chi connectivity index (χ4v) is 0. The summed E-state index contributed by atoms with van der Waals surface area (Å²) >= 11 is 0. The molecule has 0 aromatic rings. The summed E-state index contributed by atoms with van der Waals surface area (Å²) in [5, 5.41) is 16.5. The van der Waals surface area contributed by atoms with Crippen LogP contribution in [0.3, 0.4) is 0 Å². The molecule has 0 fully saturated rings. The van der Waals surface area contributed by atoms with Gasteiger partial charge in [-0.25, -0.2) is 0 Å². The van der Waals surface area contributed by atoms with E-state index in [0.29, 0.717) is 0 Å². The molecule has 0 amide bonds. The first kappa shape index (κ1) is 16.1. The van der Waals surface area contributed by atoms with E-state index in [2.05, 4.69) is 0 Å². The molecule has 0 aromatic carbocycles. The number of carboxylic acid groups (broad SMARTS) is 2. The third-order valence-electron chi connectivity index (χ3n) is 0. The summed E-state index contributed by atoms with van der Waals surface area (Å²) in [7, 11) is 0. The van der Waals surface area contributed by atoms with Crippen LogP contribution in [0.15, 0.2) is 0 Å². The largest absolute Gasteiger partial charge is 2.00 e. The minimum atomic E-state index is -0.500. The van der Waals surface area contributed by atoms with Gasteiger partial charge >= 0.3 is 16.8 Å². The predicted octanol–water partition coefficient (Wildman–Crippen LogP) is -3.27. The quantitative estimate of drug-likeness (QED) is 0.338. The van der Waals surface area contributed by atoms with Crippen molar-refractivity contribution in [2.45, 2.75) is 0 Å². The summed E-state index contributed by atoms with van der Waals surface area (Å²) in [4.78, 5) is 16.5. The molecule has 0 N–H and O–H groups in total. The Balaban J connectivity index is -0.0000000400. The number of carbonyl (C=O) groups excluding carboxylic acids is 2. The van der Waals surface area contributed by atoms with Gasteiger partial charge in [-0.05, 0) is 0 Å². The summed E-state index contributed by atoms with van der Waals surface area (Å²) in [6.45, 7) is -1.00. The molecule has 0 rings (SSSR count). The third kappa shape index (κ3) is 211. The van der Waals surface area contributed by atoms with Gasteiger partial charge in [0, 0.05) is 12.9 Å². The molecule has 0 bridgehead atoms. The normalized spacial score (nSPS) is 3.43. The van der Waals surface area contributed by atoms with E-state index in [-0.39, 0.29) is 16.8 Å². The van der Waals surface area contributed by atoms with Gasteiger partial charge in [-0.1, -0.05) is 0 Å². The second-order valence-electron chi connectivity index (χ2n) is 0.192. The Bertz CT molecular complexity index is 30.7. The van der Waals surface area contributed by atoms with Crippen molar-refractivity contribution in [3.63, 3.8) is 0 Å². The van der Waals surface area contributed by atoms with Gasteiger partial charge in [0.25, 0.3) is 0 Å². The number of hydrogen-bond donors (Lipinski definition) is 0. The van der Waals surface area contributed by atoms with Crippen molar-refractivity contribution in [3.05, 3.63) is 0 Å². The van der Waals surface area contributed by atoms with Gasteiger partial charge in [-0.3, -0.25) is 0 Å². The molecule has 43 valence electrons. The Morgan fingerprint density at radius 1 is 1.00 bits per heavy atom. The Labute approximate surface area is 50.3 Å². The zero-order valence-corrected chi connectivity index (χ0v) is 4.16. The summed E-state index contributed by atoms with van der Waals surface area (Å²) < 4.78 is 0. The minimum absolute atomic E-state index is 0. The maximum Gasteiger partial charge on any atom is 2.00 e. The van der Waals surface area contributed by atoms with Crippen molar-refractivity contribution in [3.8, 4) is 0 Å². The first-order valence-electron chi connectivity index (χ1n) is 0.943. The molecule has 1 radical (unpaired) electrons. The van der Waals surface area contributed by atoms with Crippen molar-refractivity contribution in [2.75, 3.05) is 0 Å². The first-order valence-corrected chi connectivity index (χ1v) is 0.943. The monoisotopic (exact) mass is 149 g/mol. The molecule has 0 unspecified atom stereocenters. The molecule has 0 saturated heterocycles. The molecular weight excluding hydrogens is 147 g/mol. The SMILES string of the molecule is O=C[O-].O=C[O-].[Co+2]. The molecule has 0 aliphatic rings. The van der Waals surface area contributed by atoms with Crippen LogP contribution in [0.4, 0.5) is 0 Å². The summed E-state index contributed by atoms with van der Waals surface area (Å²) in [5.74, 6) is 0. The molecule has 0 heterocycles. The van der Waals surface area contributed by atoms with Crippen LogP contribution in [0, 0.1) is 0 Å². The molecule has 0 aliphatic carbocycles. The average molecular weight is 149 g/mol. The van der Waals surface area contributed by atoms with Gasteiger partial charge in [0.2, 0.25) is 0 Å². The van der Waals surface area contributed by atoms with Gasteiger partial charge in [0.05, 0.1) is 0 Å². The van der Waals surface area contributed by atoms with Crippen molar-refractivity contribution in [1.29, 1.82) is 0 Å². The Morgan fingerprint density at radius 2 is 1.00 bits per heavy atom. The third-order valence-corrected chi connectivity index (χ3v) is 0. The van der Waals surface area contributed by atoms with Gasteiger partial charge in [-0.15, -0.1) is 0 Å². The molecule has 0 saturated carbocycles. The van der Waals surface area contributed by atoms with Crippen LogP contribution in [0.2, 0.25) is 0 Å². The van der Waals surface area contributed by atoms with Crippen LogP contribution in [-0.2, 0) is 26.4 Å². The van der Waals surface area contributed by atoms with Crippen LogP contribution in [-0.4, -0.2) is 12.9 Å². The van der Waals surface area contributed by atoms with E-state index in [4.69, 9.17) is 19.8 Å². The van der Waals surface area contributed by atoms with E-state index in [1.165, 1.54) is 0 Å². The molecule has 0 atom stereocenters. The summed E-state index contributed by atoms with van der Waals surface area (Å²) in [5.41, 5.74) is 0. The summed E-state index contributed by atoms with van der Waals surface area (Å²) in [6.07, 6.45) is 0. The second kappa shape index (κ2) is 51.5. The maximum atomic E-state index is 8.25. The van der Waals surface area contributed by atoms with Crippen molar-refractivity contribution >= 4 is 12.9 Å². The van der Waals surface area contributed by atoms with Gasteiger partial charge in [0.15, 0.2) is 0 Å². The molecule has 7 heavy (non-hydrogen) atoms. The van der Waals surface area contributed by atoms with Crippen molar-refractivity contribution in [2.24, 2.45) is 0 Å². The smallest absolute Gasteiger partial charge is 0.554 e. The topological polar surface area (TPSA) is 80.3 Å². The average Bonchev–Trinajstić information content (AvgIpc) is 1.39. The Morgan fingerprint density at radius 3 is 1.00 bits per heavy atom. The van der Waals surface area contributed by atoms with Crippen LogP contribution in [0.25, 0.3) is 0 Å². The van der Waals surface area contributed by atoms with Crippen molar-refractivity contribution in [1.82, 2.24) is 0 Å². The van der Waals surface area contributed by atoms with E-state index in [9.17, 15) is 0 Å². The molecule has 0 aliphatic heterocycles. The van der Waals surface area contributed by atoms with Crippen molar-refractivity contribution < 1.29 is 36.6 Å². The molecule has 0 aromatic heterocycles. The van der Waals surface area contributed by atoms with Gasteiger partial charge in [0.1, 0.15) is 0 Å². The number of hydrogen-bond acceptors (Lipinski definition) is 4. The van der Waals surface area contributed by atoms with E-state index < -0.39 is 12.9 Å². The zero-order valence-electron chi connectivity index (χ0n) is 3.12. The molecular formula is C2H2CoO4. The predicted molar refractivity (Wildman–Crippen MR) is 12.1 cm³/mol. The zero-order chi connectivity index (χ0) is 5.41. The van der Waals surface area contributed by atoms with Crippen LogP contribution >= 0.6 is 0 Å². The standard InChI is InChI=1S/2CH2O2.Co/c2*2-1-3;/h2*1H,(H,2,3);/q;;+2/p-2. The van der Waals surface area contributed by atoms with Gasteiger partial charge < -0.3 is 19.8 Å². The fourth-order valence-electron chi connectivity index (χ4n) is 0. The molecule has 0 spiro atoms. The molecule has 4 nitrogen and oxygen atoms in total. The molecule has 5 heteroatoms. The van der Waals surface area contributed by atoms with Gasteiger partial charge in [-0.2, -0.15) is 0 Å². The maximum absolute atomic E-state index is 8.25. The Kier molecular flexibility index (Phi) is 118. The van der Waals surface area contributed by atoms with Crippen LogP contribution in [0.5, 0.6) is 0 Å². The first-order chi connectivity index (χ1) is 2.83. The van der Waals surface area contributed by atoms with E-state index in [1.807, 2.05) is 0 Å². The second-order valence-corrected chi connectivity index (χ2v) is 0.192. The van der Waals surface area contributed by atoms with Crippen LogP contribution < -0.4 is 10.2 Å².